The molecule has 3 heteroatoms. The number of benzene rings is 1. The Morgan fingerprint density at radius 2 is 2.10 bits per heavy atom. The van der Waals surface area contributed by atoms with Gasteiger partial charge in [-0.05, 0) is 60.7 Å². The maximum atomic E-state index is 6.68. The van der Waals surface area contributed by atoms with Crippen LogP contribution in [0.25, 0.3) is 0 Å². The van der Waals surface area contributed by atoms with Crippen molar-refractivity contribution in [1.29, 1.82) is 0 Å². The summed E-state index contributed by atoms with van der Waals surface area (Å²) in [7, 11) is 0. The molecule has 0 bridgehead atoms. The van der Waals surface area contributed by atoms with Crippen molar-refractivity contribution >= 4 is 11.8 Å². The summed E-state index contributed by atoms with van der Waals surface area (Å²) in [6.07, 6.45) is 5.72. The predicted molar refractivity (Wildman–Crippen MR) is 90.7 cm³/mol. The van der Waals surface area contributed by atoms with Crippen LogP contribution in [-0.2, 0) is 11.2 Å². The quantitative estimate of drug-likeness (QED) is 0.918. The molecule has 116 valence electrons. The van der Waals surface area contributed by atoms with Crippen LogP contribution in [0.5, 0.6) is 0 Å². The summed E-state index contributed by atoms with van der Waals surface area (Å²) in [5.41, 5.74) is 9.57. The number of rotatable bonds is 3. The minimum atomic E-state index is 0.132. The summed E-state index contributed by atoms with van der Waals surface area (Å²) in [5.74, 6) is 3.05. The largest absolute Gasteiger partial charge is 0.375 e. The van der Waals surface area contributed by atoms with Crippen molar-refractivity contribution in [2.75, 3.05) is 18.1 Å². The zero-order valence-electron chi connectivity index (χ0n) is 13.0. The van der Waals surface area contributed by atoms with E-state index in [1.807, 2.05) is 0 Å². The standard InChI is InChI=1S/C18H27NOS/c1-2-14-5-3-4-6-16(14)17(19)15-7-10-20-18(13-15)8-11-21-12-9-18/h3-6,15,17H,2,7-13,19H2,1H3. The Bertz CT molecular complexity index is 465. The second-order valence-electron chi connectivity index (χ2n) is 6.47. The number of aryl methyl sites for hydroxylation is 1. The van der Waals surface area contributed by atoms with E-state index in [2.05, 4.69) is 43.0 Å². The predicted octanol–water partition coefficient (Wildman–Crippen LogP) is 3.94. The summed E-state index contributed by atoms with van der Waals surface area (Å²) in [6, 6.07) is 8.86. The fourth-order valence-electron chi connectivity index (χ4n) is 3.90. The van der Waals surface area contributed by atoms with E-state index in [4.69, 9.17) is 10.5 Å². The average Bonchev–Trinajstić information content (AvgIpc) is 2.55. The molecular weight excluding hydrogens is 278 g/mol. The number of thioether (sulfide) groups is 1. The molecule has 2 aliphatic heterocycles. The summed E-state index contributed by atoms with van der Waals surface area (Å²) in [4.78, 5) is 0. The van der Waals surface area contributed by atoms with Crippen molar-refractivity contribution < 1.29 is 4.74 Å². The third-order valence-corrected chi connectivity index (χ3v) is 6.22. The first-order valence-electron chi connectivity index (χ1n) is 8.29. The molecule has 1 aromatic rings. The summed E-state index contributed by atoms with van der Waals surface area (Å²) < 4.78 is 6.21. The maximum Gasteiger partial charge on any atom is 0.0701 e. The lowest BCUT2D eigenvalue weighted by atomic mass is 9.76. The molecule has 0 aromatic heterocycles. The van der Waals surface area contributed by atoms with Crippen molar-refractivity contribution in [1.82, 2.24) is 0 Å². The lowest BCUT2D eigenvalue weighted by molar-refractivity contribution is -0.105. The normalized spacial score (nSPS) is 26.7. The van der Waals surface area contributed by atoms with Gasteiger partial charge in [-0.1, -0.05) is 31.2 Å². The Balaban J connectivity index is 1.76. The van der Waals surface area contributed by atoms with Crippen molar-refractivity contribution in [2.45, 2.75) is 50.7 Å². The molecule has 0 aliphatic carbocycles. The van der Waals surface area contributed by atoms with Crippen molar-refractivity contribution in [3.05, 3.63) is 35.4 Å². The van der Waals surface area contributed by atoms with Crippen LogP contribution >= 0.6 is 11.8 Å². The molecule has 2 saturated heterocycles. The Labute approximate surface area is 132 Å². The van der Waals surface area contributed by atoms with Gasteiger partial charge in [0.1, 0.15) is 0 Å². The zero-order chi connectivity index (χ0) is 14.7. The Morgan fingerprint density at radius 1 is 1.33 bits per heavy atom. The highest BCUT2D eigenvalue weighted by molar-refractivity contribution is 7.99. The second-order valence-corrected chi connectivity index (χ2v) is 7.70. The minimum absolute atomic E-state index is 0.132. The van der Waals surface area contributed by atoms with Gasteiger partial charge in [0.2, 0.25) is 0 Å². The van der Waals surface area contributed by atoms with Gasteiger partial charge in [0.05, 0.1) is 5.60 Å². The van der Waals surface area contributed by atoms with E-state index in [1.54, 1.807) is 0 Å². The van der Waals surface area contributed by atoms with Gasteiger partial charge in [-0.3, -0.25) is 0 Å². The van der Waals surface area contributed by atoms with Gasteiger partial charge in [-0.25, -0.2) is 0 Å². The first-order valence-corrected chi connectivity index (χ1v) is 9.45. The Hall–Kier alpha value is -0.510. The van der Waals surface area contributed by atoms with Gasteiger partial charge in [0.25, 0.3) is 0 Å². The van der Waals surface area contributed by atoms with Crippen LogP contribution in [0.1, 0.15) is 49.8 Å². The number of hydrogen-bond donors (Lipinski definition) is 1. The van der Waals surface area contributed by atoms with E-state index < -0.39 is 0 Å². The molecular formula is C18H27NOS. The van der Waals surface area contributed by atoms with Crippen molar-refractivity contribution in [2.24, 2.45) is 11.7 Å². The first-order chi connectivity index (χ1) is 10.2. The minimum Gasteiger partial charge on any atom is -0.375 e. The van der Waals surface area contributed by atoms with Crippen molar-refractivity contribution in [3.63, 3.8) is 0 Å². The third kappa shape index (κ3) is 3.30. The highest BCUT2D eigenvalue weighted by Crippen LogP contribution is 2.43. The molecule has 2 atom stereocenters. The van der Waals surface area contributed by atoms with E-state index >= 15 is 0 Å². The molecule has 3 rings (SSSR count). The van der Waals surface area contributed by atoms with Crippen LogP contribution in [0.15, 0.2) is 24.3 Å². The van der Waals surface area contributed by atoms with Gasteiger partial charge < -0.3 is 10.5 Å². The molecule has 1 aromatic carbocycles. The Morgan fingerprint density at radius 3 is 2.86 bits per heavy atom. The topological polar surface area (TPSA) is 35.2 Å². The zero-order valence-corrected chi connectivity index (χ0v) is 13.8. The SMILES string of the molecule is CCc1ccccc1C(N)C1CCOC2(CCSCC2)C1. The summed E-state index contributed by atoms with van der Waals surface area (Å²) in [5, 5.41) is 0. The highest BCUT2D eigenvalue weighted by atomic mass is 32.2. The van der Waals surface area contributed by atoms with Crippen LogP contribution in [0.2, 0.25) is 0 Å². The molecule has 0 saturated carbocycles. The number of ether oxygens (including phenoxy) is 1. The average molecular weight is 305 g/mol. The third-order valence-electron chi connectivity index (χ3n) is 5.24. The van der Waals surface area contributed by atoms with Gasteiger partial charge in [-0.2, -0.15) is 11.8 Å². The fourth-order valence-corrected chi connectivity index (χ4v) is 5.14. The van der Waals surface area contributed by atoms with Crippen LogP contribution in [-0.4, -0.2) is 23.7 Å². The monoisotopic (exact) mass is 305 g/mol. The van der Waals surface area contributed by atoms with Crippen LogP contribution in [0, 0.1) is 5.92 Å². The summed E-state index contributed by atoms with van der Waals surface area (Å²) in [6.45, 7) is 3.10. The summed E-state index contributed by atoms with van der Waals surface area (Å²) >= 11 is 2.06. The van der Waals surface area contributed by atoms with Crippen LogP contribution in [0.3, 0.4) is 0 Å². The smallest absolute Gasteiger partial charge is 0.0701 e. The molecule has 0 amide bonds. The maximum absolute atomic E-state index is 6.68. The fraction of sp³-hybridized carbons (Fsp3) is 0.667. The van der Waals surface area contributed by atoms with E-state index in [9.17, 15) is 0 Å². The lowest BCUT2D eigenvalue weighted by Gasteiger charge is -2.45. The van der Waals surface area contributed by atoms with E-state index in [-0.39, 0.29) is 11.6 Å². The molecule has 1 spiro atoms. The van der Waals surface area contributed by atoms with E-state index in [1.165, 1.54) is 35.5 Å². The molecule has 0 radical (unpaired) electrons. The Kier molecular flexibility index (Phi) is 4.92. The van der Waals surface area contributed by atoms with Gasteiger partial charge in [0.15, 0.2) is 0 Å². The molecule has 2 N–H and O–H groups in total. The number of nitrogens with two attached hydrogens (primary N) is 1. The molecule has 2 aliphatic rings. The second kappa shape index (κ2) is 6.72. The number of hydrogen-bond acceptors (Lipinski definition) is 3. The molecule has 2 fully saturated rings. The van der Waals surface area contributed by atoms with Crippen LogP contribution < -0.4 is 5.73 Å². The van der Waals surface area contributed by atoms with Crippen LogP contribution in [0.4, 0.5) is 0 Å². The van der Waals surface area contributed by atoms with Crippen molar-refractivity contribution in [3.8, 4) is 0 Å². The van der Waals surface area contributed by atoms with Gasteiger partial charge >= 0.3 is 0 Å². The van der Waals surface area contributed by atoms with E-state index in [0.717, 1.165) is 25.9 Å². The molecule has 2 nitrogen and oxygen atoms in total. The lowest BCUT2D eigenvalue weighted by Crippen LogP contribution is -2.45. The molecule has 2 unspecified atom stereocenters. The highest BCUT2D eigenvalue weighted by Gasteiger charge is 2.40. The van der Waals surface area contributed by atoms with E-state index in [0.29, 0.717) is 5.92 Å². The van der Waals surface area contributed by atoms with Gasteiger partial charge in [0, 0.05) is 12.6 Å². The molecule has 21 heavy (non-hydrogen) atoms. The van der Waals surface area contributed by atoms with Gasteiger partial charge in [-0.15, -0.1) is 0 Å². The first kappa shape index (κ1) is 15.4. The molecule has 2 heterocycles.